The van der Waals surface area contributed by atoms with Gasteiger partial charge < -0.3 is 14.9 Å². The van der Waals surface area contributed by atoms with Crippen molar-refractivity contribution in [1.82, 2.24) is 19.1 Å². The predicted octanol–water partition coefficient (Wildman–Crippen LogP) is 3.67. The second-order valence-corrected chi connectivity index (χ2v) is 10.6. The van der Waals surface area contributed by atoms with Crippen LogP contribution in [0.2, 0.25) is 0 Å². The average molecular weight is 427 g/mol. The number of nitrogens with zero attached hydrogens (tertiary/aromatic N) is 5. The van der Waals surface area contributed by atoms with Gasteiger partial charge in [-0.2, -0.15) is 0 Å². The summed E-state index contributed by atoms with van der Waals surface area (Å²) in [6.07, 6.45) is 16.1. The minimum Gasteiger partial charge on any atom is -0.393 e. The molecule has 0 unspecified atom stereocenters. The first-order chi connectivity index (χ1) is 13.7. The SMILES string of the molecule is Cc1cn(C23CC(CC(N)=S)(C2)C3)cn1.Cc1cn(C23CC(N=C=S)(C2)C3)cn1. The molecule has 2 aromatic heterocycles. The van der Waals surface area contributed by atoms with Crippen LogP contribution in [-0.4, -0.2) is 34.8 Å². The largest absolute Gasteiger partial charge is 0.393 e. The number of thiocarbonyl (C=S) groups is 2. The maximum atomic E-state index is 5.61. The molecule has 6 aliphatic carbocycles. The molecule has 8 heteroatoms. The van der Waals surface area contributed by atoms with Crippen LogP contribution in [0.1, 0.15) is 56.3 Å². The second kappa shape index (κ2) is 6.06. The molecule has 0 saturated heterocycles. The summed E-state index contributed by atoms with van der Waals surface area (Å²) in [5.74, 6) is 0. The van der Waals surface area contributed by atoms with Gasteiger partial charge in [0.2, 0.25) is 0 Å². The quantitative estimate of drug-likeness (QED) is 0.583. The van der Waals surface area contributed by atoms with Crippen LogP contribution in [0.4, 0.5) is 0 Å². The van der Waals surface area contributed by atoms with Crippen molar-refractivity contribution in [3.05, 3.63) is 36.4 Å². The van der Waals surface area contributed by atoms with Crippen LogP contribution < -0.4 is 5.73 Å². The van der Waals surface area contributed by atoms with Gasteiger partial charge in [0.05, 0.1) is 45.3 Å². The summed E-state index contributed by atoms with van der Waals surface area (Å²) in [6, 6.07) is 0. The number of aliphatic imine (C=N–C) groups is 1. The van der Waals surface area contributed by atoms with E-state index in [1.54, 1.807) is 0 Å². The Balaban J connectivity index is 0.000000125. The number of aryl methyl sites for hydroxylation is 2. The first-order valence-corrected chi connectivity index (χ1v) is 10.9. The van der Waals surface area contributed by atoms with Gasteiger partial charge in [0.15, 0.2) is 0 Å². The minimum absolute atomic E-state index is 0.153. The minimum atomic E-state index is 0.153. The molecule has 6 saturated carbocycles. The van der Waals surface area contributed by atoms with E-state index in [0.717, 1.165) is 37.1 Å². The highest BCUT2D eigenvalue weighted by atomic mass is 32.1. The Morgan fingerprint density at radius 2 is 1.52 bits per heavy atom. The predicted molar refractivity (Wildman–Crippen MR) is 119 cm³/mol. The van der Waals surface area contributed by atoms with E-state index in [1.165, 1.54) is 19.3 Å². The Bertz CT molecular complexity index is 1000. The molecule has 0 amide bonds. The van der Waals surface area contributed by atoms with Crippen molar-refractivity contribution in [2.45, 2.75) is 75.4 Å². The molecule has 2 N–H and O–H groups in total. The van der Waals surface area contributed by atoms with Crippen LogP contribution in [0, 0.1) is 19.3 Å². The third-order valence-corrected chi connectivity index (χ3v) is 7.67. The van der Waals surface area contributed by atoms with Gasteiger partial charge in [-0.3, -0.25) is 0 Å². The van der Waals surface area contributed by atoms with Crippen LogP contribution in [0.25, 0.3) is 0 Å². The van der Waals surface area contributed by atoms with Crippen molar-refractivity contribution in [3.63, 3.8) is 0 Å². The van der Waals surface area contributed by atoms with Crippen LogP contribution in [0.15, 0.2) is 30.0 Å². The lowest BCUT2D eigenvalue weighted by atomic mass is 9.38. The van der Waals surface area contributed by atoms with Gasteiger partial charge in [0, 0.05) is 24.4 Å². The molecule has 6 nitrogen and oxygen atoms in total. The maximum Gasteiger partial charge on any atom is 0.0954 e. The number of isothiocyanates is 1. The summed E-state index contributed by atoms with van der Waals surface area (Å²) in [7, 11) is 0. The molecule has 152 valence electrons. The van der Waals surface area contributed by atoms with Gasteiger partial charge in [-0.25, -0.2) is 15.0 Å². The number of imidazole rings is 2. The number of hydrogen-bond acceptors (Lipinski definition) is 5. The Hall–Kier alpha value is -1.89. The van der Waals surface area contributed by atoms with Gasteiger partial charge in [-0.05, 0) is 70.0 Å². The van der Waals surface area contributed by atoms with E-state index >= 15 is 0 Å². The van der Waals surface area contributed by atoms with Crippen LogP contribution in [0.5, 0.6) is 0 Å². The molecular weight excluding hydrogens is 400 g/mol. The highest BCUT2D eigenvalue weighted by Gasteiger charge is 2.70. The molecule has 4 bridgehead atoms. The molecule has 0 atom stereocenters. The average Bonchev–Trinajstić information content (AvgIpc) is 3.13. The Labute approximate surface area is 181 Å². The lowest BCUT2D eigenvalue weighted by molar-refractivity contribution is -0.181. The summed E-state index contributed by atoms with van der Waals surface area (Å²) < 4.78 is 4.52. The summed E-state index contributed by atoms with van der Waals surface area (Å²) >= 11 is 9.63. The Morgan fingerprint density at radius 1 is 1.03 bits per heavy atom. The van der Waals surface area contributed by atoms with Crippen molar-refractivity contribution in [2.24, 2.45) is 16.1 Å². The molecule has 6 fully saturated rings. The van der Waals surface area contributed by atoms with E-state index in [1.807, 2.05) is 26.5 Å². The van der Waals surface area contributed by atoms with Crippen LogP contribution in [0.3, 0.4) is 0 Å². The lowest BCUT2D eigenvalue weighted by Gasteiger charge is -2.71. The number of hydrogen-bond donors (Lipinski definition) is 1. The van der Waals surface area contributed by atoms with Gasteiger partial charge in [0.1, 0.15) is 0 Å². The molecule has 8 rings (SSSR count). The number of nitrogens with two attached hydrogens (primary N) is 1. The lowest BCUT2D eigenvalue weighted by Crippen LogP contribution is -2.71. The zero-order chi connectivity index (χ0) is 20.5. The van der Waals surface area contributed by atoms with E-state index in [9.17, 15) is 0 Å². The van der Waals surface area contributed by atoms with Crippen molar-refractivity contribution < 1.29 is 0 Å². The maximum absolute atomic E-state index is 5.61. The Kier molecular flexibility index (Phi) is 3.99. The molecule has 2 aromatic rings. The fraction of sp³-hybridized carbons (Fsp3) is 0.619. The van der Waals surface area contributed by atoms with Crippen molar-refractivity contribution >= 4 is 34.6 Å². The van der Waals surface area contributed by atoms with Crippen LogP contribution >= 0.6 is 24.4 Å². The topological polar surface area (TPSA) is 74.0 Å². The van der Waals surface area contributed by atoms with E-state index in [0.29, 0.717) is 21.5 Å². The van der Waals surface area contributed by atoms with Gasteiger partial charge in [-0.15, -0.1) is 0 Å². The summed E-state index contributed by atoms with van der Waals surface area (Å²) in [6.45, 7) is 4.06. The number of aromatic nitrogens is 4. The fourth-order valence-corrected chi connectivity index (χ4v) is 6.80. The monoisotopic (exact) mass is 426 g/mol. The first kappa shape index (κ1) is 19.1. The molecule has 0 aliphatic heterocycles. The molecule has 0 spiro atoms. The standard InChI is InChI=1S/C11H15N3S.C10H11N3S/c1-8-3-14(7-13-8)11-4-10(5-11,6-11)2-9(12)15;1-8-2-13(6-11-8)10-3-9(4-10,5-10)12-7-14/h3,7H,2,4-6H2,1H3,(H2,12,15);2,6H,3-5H2,1H3. The number of rotatable bonds is 5. The van der Waals surface area contributed by atoms with Crippen LogP contribution in [-0.2, 0) is 11.1 Å². The van der Waals surface area contributed by atoms with E-state index < -0.39 is 0 Å². The normalized spacial score (nSPS) is 37.4. The Morgan fingerprint density at radius 3 is 1.90 bits per heavy atom. The fourth-order valence-electron chi connectivity index (χ4n) is 6.30. The molecule has 0 radical (unpaired) electrons. The molecular formula is C21H26N6S2. The van der Waals surface area contributed by atoms with Gasteiger partial charge in [-0.1, -0.05) is 12.2 Å². The van der Waals surface area contributed by atoms with E-state index in [-0.39, 0.29) is 5.54 Å². The van der Waals surface area contributed by atoms with Crippen molar-refractivity contribution in [1.29, 1.82) is 0 Å². The van der Waals surface area contributed by atoms with E-state index in [2.05, 4.69) is 53.9 Å². The molecule has 6 aliphatic rings. The molecule has 0 aromatic carbocycles. The smallest absolute Gasteiger partial charge is 0.0954 e. The summed E-state index contributed by atoms with van der Waals surface area (Å²) in [5, 5.41) is 2.51. The third kappa shape index (κ3) is 2.84. The molecule has 29 heavy (non-hydrogen) atoms. The summed E-state index contributed by atoms with van der Waals surface area (Å²) in [4.78, 5) is 13.4. The zero-order valence-corrected chi connectivity index (χ0v) is 18.5. The second-order valence-electron chi connectivity index (χ2n) is 9.92. The molecule has 2 heterocycles. The van der Waals surface area contributed by atoms with Crippen molar-refractivity contribution in [3.8, 4) is 0 Å². The summed E-state index contributed by atoms with van der Waals surface area (Å²) in [5.41, 5.74) is 9.08. The first-order valence-electron chi connectivity index (χ1n) is 10.1. The third-order valence-electron chi connectivity index (χ3n) is 7.44. The van der Waals surface area contributed by atoms with Gasteiger partial charge >= 0.3 is 0 Å². The zero-order valence-electron chi connectivity index (χ0n) is 16.9. The van der Waals surface area contributed by atoms with Crippen molar-refractivity contribution in [2.75, 3.05) is 0 Å². The van der Waals surface area contributed by atoms with Gasteiger partial charge in [0.25, 0.3) is 0 Å². The highest BCUT2D eigenvalue weighted by molar-refractivity contribution is 7.80. The van der Waals surface area contributed by atoms with E-state index in [4.69, 9.17) is 18.0 Å². The highest BCUT2D eigenvalue weighted by Crippen LogP contribution is 2.73.